The van der Waals surface area contributed by atoms with Gasteiger partial charge in [-0.2, -0.15) is 0 Å². The average Bonchev–Trinajstić information content (AvgIpc) is 2.01. The Balaban J connectivity index is 4.49. The van der Waals surface area contributed by atoms with E-state index in [1.165, 1.54) is 6.92 Å². The van der Waals surface area contributed by atoms with Crippen molar-refractivity contribution in [2.75, 3.05) is 6.61 Å². The number of aliphatic hydroxyl groups excluding tert-OH is 2. The van der Waals surface area contributed by atoms with Crippen LogP contribution in [0, 0.1) is 5.41 Å². The number of aliphatic hydroxyl groups is 2. The molecule has 3 N–H and O–H groups in total. The molecule has 0 bridgehead atoms. The number of carbonyl (C=O) groups excluding carboxylic acids is 1. The Kier molecular flexibility index (Phi) is 3.16. The number of rotatable bonds is 4. The van der Waals surface area contributed by atoms with Crippen molar-refractivity contribution >= 4 is 12.3 Å². The Morgan fingerprint density at radius 1 is 1.73 bits per heavy atom. The summed E-state index contributed by atoms with van der Waals surface area (Å²) in [7, 11) is 0. The van der Waals surface area contributed by atoms with E-state index in [4.69, 9.17) is 15.3 Å². The van der Waals surface area contributed by atoms with Crippen LogP contribution in [0.1, 0.15) is 6.92 Å². The van der Waals surface area contributed by atoms with Gasteiger partial charge in [0.05, 0.1) is 12.0 Å². The van der Waals surface area contributed by atoms with Crippen molar-refractivity contribution in [3.63, 3.8) is 0 Å². The van der Waals surface area contributed by atoms with E-state index in [-0.39, 0.29) is 6.29 Å². The lowest BCUT2D eigenvalue weighted by Crippen LogP contribution is -2.42. The minimum atomic E-state index is -1.86. The molecule has 0 radical (unpaired) electrons. The number of aliphatic carboxylic acids is 1. The molecule has 0 spiro atoms. The van der Waals surface area contributed by atoms with E-state index in [2.05, 4.69) is 0 Å². The Bertz CT molecular complexity index is 166. The van der Waals surface area contributed by atoms with Gasteiger partial charge in [-0.1, -0.05) is 0 Å². The average molecular weight is 162 g/mol. The molecule has 2 atom stereocenters. The van der Waals surface area contributed by atoms with Gasteiger partial charge in [-0.05, 0) is 6.92 Å². The van der Waals surface area contributed by atoms with Gasteiger partial charge in [-0.3, -0.25) is 0 Å². The van der Waals surface area contributed by atoms with Gasteiger partial charge in [0.2, 0.25) is 0 Å². The van der Waals surface area contributed by atoms with Gasteiger partial charge in [0.25, 0.3) is 0 Å². The number of carbonyl (C=O) groups is 2. The second-order valence-electron chi connectivity index (χ2n) is 2.52. The summed E-state index contributed by atoms with van der Waals surface area (Å²) in [6, 6.07) is 0. The molecule has 0 aromatic carbocycles. The van der Waals surface area contributed by atoms with Crippen molar-refractivity contribution in [3.05, 3.63) is 0 Å². The summed E-state index contributed by atoms with van der Waals surface area (Å²) in [6.07, 6.45) is -1.63. The van der Waals surface area contributed by atoms with Gasteiger partial charge in [0, 0.05) is 0 Å². The quantitative estimate of drug-likeness (QED) is 0.443. The lowest BCUT2D eigenvalue weighted by atomic mass is 9.87. The van der Waals surface area contributed by atoms with Crippen LogP contribution in [0.3, 0.4) is 0 Å². The van der Waals surface area contributed by atoms with Crippen LogP contribution in [0.5, 0.6) is 0 Å². The maximum Gasteiger partial charge on any atom is 0.333 e. The van der Waals surface area contributed by atoms with Gasteiger partial charge in [0.15, 0.2) is 6.10 Å². The standard InChI is InChI=1S/C6H10O5/c1-6(2-7,3-8)4(9)5(10)11/h2,4,8-9H,3H2,1H3,(H,10,11). The minimum absolute atomic E-state index is 0.228. The first-order valence-corrected chi connectivity index (χ1v) is 2.96. The van der Waals surface area contributed by atoms with E-state index in [1.807, 2.05) is 0 Å². The number of aldehydes is 1. The fourth-order valence-electron chi connectivity index (χ4n) is 0.470. The molecule has 5 heteroatoms. The Morgan fingerprint density at radius 3 is 2.27 bits per heavy atom. The minimum Gasteiger partial charge on any atom is -0.479 e. The first-order chi connectivity index (χ1) is 4.98. The number of hydrogen-bond donors (Lipinski definition) is 3. The normalized spacial score (nSPS) is 18.5. The summed E-state index contributed by atoms with van der Waals surface area (Å²) >= 11 is 0. The lowest BCUT2D eigenvalue weighted by Gasteiger charge is -2.22. The fourth-order valence-corrected chi connectivity index (χ4v) is 0.470. The molecule has 5 nitrogen and oxygen atoms in total. The summed E-state index contributed by atoms with van der Waals surface area (Å²) in [4.78, 5) is 20.4. The molecule has 0 saturated heterocycles. The Labute approximate surface area is 63.3 Å². The largest absolute Gasteiger partial charge is 0.479 e. The predicted octanol–water partition coefficient (Wildman–Crippen LogP) is -1.37. The maximum absolute atomic E-state index is 10.2. The van der Waals surface area contributed by atoms with Crippen LogP contribution in [-0.4, -0.2) is 40.3 Å². The van der Waals surface area contributed by atoms with Crippen molar-refractivity contribution in [2.45, 2.75) is 13.0 Å². The van der Waals surface area contributed by atoms with Gasteiger partial charge in [-0.15, -0.1) is 0 Å². The molecule has 0 aliphatic rings. The smallest absolute Gasteiger partial charge is 0.333 e. The highest BCUT2D eigenvalue weighted by Crippen LogP contribution is 2.17. The summed E-state index contributed by atoms with van der Waals surface area (Å²) in [5, 5.41) is 25.7. The van der Waals surface area contributed by atoms with E-state index in [1.54, 1.807) is 0 Å². The molecule has 0 aliphatic heterocycles. The number of carboxylic acids is 1. The van der Waals surface area contributed by atoms with Crippen LogP contribution in [0.2, 0.25) is 0 Å². The summed E-state index contributed by atoms with van der Waals surface area (Å²) < 4.78 is 0. The number of carboxylic acid groups (broad SMARTS) is 1. The van der Waals surface area contributed by atoms with Crippen LogP contribution in [0.4, 0.5) is 0 Å². The molecule has 0 heterocycles. The summed E-state index contributed by atoms with van der Waals surface area (Å²) in [5.41, 5.74) is -1.61. The maximum atomic E-state index is 10.2. The first-order valence-electron chi connectivity index (χ1n) is 2.96. The third kappa shape index (κ3) is 1.99. The van der Waals surface area contributed by atoms with Gasteiger partial charge in [0.1, 0.15) is 6.29 Å². The van der Waals surface area contributed by atoms with Crippen molar-refractivity contribution < 1.29 is 24.9 Å². The van der Waals surface area contributed by atoms with Crippen molar-refractivity contribution in [1.29, 1.82) is 0 Å². The molecule has 0 aliphatic carbocycles. The van der Waals surface area contributed by atoms with Crippen LogP contribution in [-0.2, 0) is 9.59 Å². The van der Waals surface area contributed by atoms with Gasteiger partial charge in [-0.25, -0.2) is 4.79 Å². The molecule has 0 fully saturated rings. The van der Waals surface area contributed by atoms with Crippen molar-refractivity contribution in [3.8, 4) is 0 Å². The molecule has 0 rings (SSSR count). The molecule has 2 unspecified atom stereocenters. The first kappa shape index (κ1) is 10.1. The molecule has 11 heavy (non-hydrogen) atoms. The highest BCUT2D eigenvalue weighted by atomic mass is 16.4. The van der Waals surface area contributed by atoms with Crippen LogP contribution in [0.15, 0.2) is 0 Å². The second kappa shape index (κ2) is 3.45. The zero-order chi connectivity index (χ0) is 9.07. The fraction of sp³-hybridized carbons (Fsp3) is 0.667. The molecule has 64 valence electrons. The molecule has 0 saturated carbocycles. The van der Waals surface area contributed by atoms with Crippen molar-refractivity contribution in [2.24, 2.45) is 5.41 Å². The van der Waals surface area contributed by atoms with E-state index < -0.39 is 24.1 Å². The molecular weight excluding hydrogens is 152 g/mol. The number of hydrogen-bond acceptors (Lipinski definition) is 4. The van der Waals surface area contributed by atoms with E-state index in [9.17, 15) is 9.59 Å². The lowest BCUT2D eigenvalue weighted by molar-refractivity contribution is -0.158. The topological polar surface area (TPSA) is 94.8 Å². The highest BCUT2D eigenvalue weighted by Gasteiger charge is 2.37. The zero-order valence-corrected chi connectivity index (χ0v) is 6.02. The van der Waals surface area contributed by atoms with Crippen LogP contribution >= 0.6 is 0 Å². The highest BCUT2D eigenvalue weighted by molar-refractivity contribution is 5.79. The predicted molar refractivity (Wildman–Crippen MR) is 34.9 cm³/mol. The van der Waals surface area contributed by atoms with Gasteiger partial charge >= 0.3 is 5.97 Å². The molecule has 0 amide bonds. The third-order valence-electron chi connectivity index (χ3n) is 1.47. The SMILES string of the molecule is CC(C=O)(CO)C(O)C(=O)O. The van der Waals surface area contributed by atoms with Crippen LogP contribution < -0.4 is 0 Å². The monoisotopic (exact) mass is 162 g/mol. The Hall–Kier alpha value is -0.940. The zero-order valence-electron chi connectivity index (χ0n) is 6.02. The van der Waals surface area contributed by atoms with E-state index >= 15 is 0 Å². The van der Waals surface area contributed by atoms with E-state index in [0.29, 0.717) is 0 Å². The second-order valence-corrected chi connectivity index (χ2v) is 2.52. The van der Waals surface area contributed by atoms with Crippen LogP contribution in [0.25, 0.3) is 0 Å². The van der Waals surface area contributed by atoms with Crippen molar-refractivity contribution in [1.82, 2.24) is 0 Å². The van der Waals surface area contributed by atoms with Gasteiger partial charge < -0.3 is 20.1 Å². The molecular formula is C6H10O5. The third-order valence-corrected chi connectivity index (χ3v) is 1.47. The van der Waals surface area contributed by atoms with E-state index in [0.717, 1.165) is 0 Å². The molecule has 0 aromatic heterocycles. The summed E-state index contributed by atoms with van der Waals surface area (Å²) in [5.74, 6) is -1.52. The molecule has 0 aromatic rings. The summed E-state index contributed by atoms with van der Waals surface area (Å²) in [6.45, 7) is 0.475. The Morgan fingerprint density at radius 2 is 2.18 bits per heavy atom.